The Morgan fingerprint density at radius 2 is 1.76 bits per heavy atom. The maximum absolute atomic E-state index is 9.73. The molecule has 0 aliphatic carbocycles. The SMILES string of the molecule is C/C(=N\n1c(C)nnc1C)c1ccccc1O. The van der Waals surface area contributed by atoms with Crippen molar-refractivity contribution in [2.45, 2.75) is 20.8 Å². The van der Waals surface area contributed by atoms with Gasteiger partial charge in [-0.2, -0.15) is 5.10 Å². The van der Waals surface area contributed by atoms with Gasteiger partial charge in [-0.1, -0.05) is 12.1 Å². The van der Waals surface area contributed by atoms with E-state index in [4.69, 9.17) is 0 Å². The van der Waals surface area contributed by atoms with Gasteiger partial charge in [0, 0.05) is 5.56 Å². The fraction of sp³-hybridized carbons (Fsp3) is 0.250. The largest absolute Gasteiger partial charge is 0.507 e. The van der Waals surface area contributed by atoms with Gasteiger partial charge in [0.15, 0.2) is 11.6 Å². The number of aryl methyl sites for hydroxylation is 2. The molecule has 0 fully saturated rings. The number of benzene rings is 1. The first kappa shape index (κ1) is 11.3. The lowest BCUT2D eigenvalue weighted by Crippen LogP contribution is -2.03. The molecular weight excluding hydrogens is 216 g/mol. The van der Waals surface area contributed by atoms with Crippen molar-refractivity contribution in [2.24, 2.45) is 5.10 Å². The Morgan fingerprint density at radius 1 is 1.18 bits per heavy atom. The molecule has 0 aliphatic rings. The van der Waals surface area contributed by atoms with Crippen molar-refractivity contribution in [1.29, 1.82) is 0 Å². The topological polar surface area (TPSA) is 63.3 Å². The van der Waals surface area contributed by atoms with Crippen molar-refractivity contribution in [3.8, 4) is 5.75 Å². The maximum Gasteiger partial charge on any atom is 0.151 e. The number of rotatable bonds is 2. The molecule has 1 aromatic carbocycles. The Kier molecular flexibility index (Phi) is 2.91. The van der Waals surface area contributed by atoms with E-state index in [1.807, 2.05) is 32.9 Å². The van der Waals surface area contributed by atoms with Crippen molar-refractivity contribution < 1.29 is 5.11 Å². The molecule has 0 spiro atoms. The third-order valence-electron chi connectivity index (χ3n) is 2.50. The minimum absolute atomic E-state index is 0.220. The molecule has 0 radical (unpaired) electrons. The van der Waals surface area contributed by atoms with Crippen molar-refractivity contribution in [3.63, 3.8) is 0 Å². The van der Waals surface area contributed by atoms with Crippen molar-refractivity contribution >= 4 is 5.71 Å². The Labute approximate surface area is 99.4 Å². The monoisotopic (exact) mass is 230 g/mol. The van der Waals surface area contributed by atoms with Crippen LogP contribution in [0.25, 0.3) is 0 Å². The van der Waals surface area contributed by atoms with Gasteiger partial charge in [-0.15, -0.1) is 10.2 Å². The van der Waals surface area contributed by atoms with E-state index >= 15 is 0 Å². The first-order valence-corrected chi connectivity index (χ1v) is 5.32. The fourth-order valence-electron chi connectivity index (χ4n) is 1.59. The second kappa shape index (κ2) is 4.37. The average Bonchev–Trinajstić information content (AvgIpc) is 2.61. The summed E-state index contributed by atoms with van der Waals surface area (Å²) in [5.41, 5.74) is 1.43. The number of aromatic nitrogens is 3. The number of phenolic OH excluding ortho intramolecular Hbond substituents is 1. The summed E-state index contributed by atoms with van der Waals surface area (Å²) in [5, 5.41) is 22.0. The highest BCUT2D eigenvalue weighted by atomic mass is 16.3. The van der Waals surface area contributed by atoms with Gasteiger partial charge in [-0.25, -0.2) is 4.68 Å². The molecule has 1 aromatic heterocycles. The Bertz CT molecular complexity index is 552. The first-order chi connectivity index (χ1) is 8.09. The van der Waals surface area contributed by atoms with Gasteiger partial charge in [-0.05, 0) is 32.9 Å². The Morgan fingerprint density at radius 3 is 2.35 bits per heavy atom. The second-order valence-corrected chi connectivity index (χ2v) is 3.81. The highest BCUT2D eigenvalue weighted by Crippen LogP contribution is 2.17. The number of hydrogen-bond acceptors (Lipinski definition) is 4. The molecule has 0 saturated heterocycles. The molecule has 0 unspecified atom stereocenters. The molecule has 2 aromatic rings. The van der Waals surface area contributed by atoms with Crippen molar-refractivity contribution in [1.82, 2.24) is 14.9 Å². The zero-order valence-corrected chi connectivity index (χ0v) is 10.0. The smallest absolute Gasteiger partial charge is 0.151 e. The predicted molar refractivity (Wildman–Crippen MR) is 65.2 cm³/mol. The van der Waals surface area contributed by atoms with E-state index in [2.05, 4.69) is 15.3 Å². The molecule has 2 rings (SSSR count). The summed E-state index contributed by atoms with van der Waals surface area (Å²) < 4.78 is 1.65. The van der Waals surface area contributed by atoms with Gasteiger partial charge in [-0.3, -0.25) is 0 Å². The third kappa shape index (κ3) is 2.18. The zero-order chi connectivity index (χ0) is 12.4. The van der Waals surface area contributed by atoms with Gasteiger partial charge in [0.05, 0.1) is 5.71 Å². The molecule has 0 bridgehead atoms. The number of para-hydroxylation sites is 1. The molecular formula is C12H14N4O. The van der Waals surface area contributed by atoms with Gasteiger partial charge in [0.2, 0.25) is 0 Å². The van der Waals surface area contributed by atoms with Crippen LogP contribution in [0.1, 0.15) is 24.1 Å². The summed E-state index contributed by atoms with van der Waals surface area (Å²) >= 11 is 0. The van der Waals surface area contributed by atoms with Crippen LogP contribution in [0, 0.1) is 13.8 Å². The summed E-state index contributed by atoms with van der Waals surface area (Å²) in [6, 6.07) is 7.10. The molecule has 5 nitrogen and oxygen atoms in total. The summed E-state index contributed by atoms with van der Waals surface area (Å²) in [6.45, 7) is 5.51. The van der Waals surface area contributed by atoms with Gasteiger partial charge < -0.3 is 5.11 Å². The molecule has 1 heterocycles. The quantitative estimate of drug-likeness (QED) is 0.801. The van der Waals surface area contributed by atoms with Crippen LogP contribution in [0.4, 0.5) is 0 Å². The van der Waals surface area contributed by atoms with Crippen LogP contribution in [-0.4, -0.2) is 25.7 Å². The minimum Gasteiger partial charge on any atom is -0.507 e. The summed E-state index contributed by atoms with van der Waals surface area (Å²) in [6.07, 6.45) is 0. The lowest BCUT2D eigenvalue weighted by atomic mass is 10.1. The molecule has 17 heavy (non-hydrogen) atoms. The van der Waals surface area contributed by atoms with Crippen molar-refractivity contribution in [2.75, 3.05) is 0 Å². The average molecular weight is 230 g/mol. The maximum atomic E-state index is 9.73. The third-order valence-corrected chi connectivity index (χ3v) is 2.50. The molecule has 88 valence electrons. The lowest BCUT2D eigenvalue weighted by molar-refractivity contribution is 0.474. The molecule has 0 atom stereocenters. The fourth-order valence-corrected chi connectivity index (χ4v) is 1.59. The second-order valence-electron chi connectivity index (χ2n) is 3.81. The standard InChI is InChI=1S/C12H14N4O/c1-8(11-6-4-5-7-12(11)17)15-16-9(2)13-14-10(16)3/h4-7,17H,1-3H3/b15-8+. The van der Waals surface area contributed by atoms with Crippen molar-refractivity contribution in [3.05, 3.63) is 41.5 Å². The molecule has 0 aliphatic heterocycles. The minimum atomic E-state index is 0.220. The van der Waals surface area contributed by atoms with Crippen LogP contribution >= 0.6 is 0 Å². The number of hydrogen-bond donors (Lipinski definition) is 1. The molecule has 0 amide bonds. The van der Waals surface area contributed by atoms with Crippen LogP contribution in [0.15, 0.2) is 29.4 Å². The number of nitrogens with zero attached hydrogens (tertiary/aromatic N) is 4. The predicted octanol–water partition coefficient (Wildman–Crippen LogP) is 1.87. The van der Waals surface area contributed by atoms with Crippen LogP contribution in [0.5, 0.6) is 5.75 Å². The Hall–Kier alpha value is -2.17. The normalized spacial score (nSPS) is 11.8. The number of aromatic hydroxyl groups is 1. The highest BCUT2D eigenvalue weighted by molar-refractivity contribution is 6.00. The highest BCUT2D eigenvalue weighted by Gasteiger charge is 2.06. The van der Waals surface area contributed by atoms with E-state index in [9.17, 15) is 5.11 Å². The lowest BCUT2D eigenvalue weighted by Gasteiger charge is -2.05. The zero-order valence-electron chi connectivity index (χ0n) is 10.0. The van der Waals surface area contributed by atoms with E-state index in [1.165, 1.54) is 0 Å². The van der Waals surface area contributed by atoms with E-state index in [0.29, 0.717) is 11.3 Å². The molecule has 0 saturated carbocycles. The summed E-state index contributed by atoms with van der Waals surface area (Å²) in [5.74, 6) is 1.66. The van der Waals surface area contributed by atoms with Crippen LogP contribution < -0.4 is 0 Å². The van der Waals surface area contributed by atoms with E-state index in [0.717, 1.165) is 11.6 Å². The van der Waals surface area contributed by atoms with Crippen LogP contribution in [0.2, 0.25) is 0 Å². The van der Waals surface area contributed by atoms with Gasteiger partial charge in [0.25, 0.3) is 0 Å². The summed E-state index contributed by atoms with van der Waals surface area (Å²) in [7, 11) is 0. The van der Waals surface area contributed by atoms with Crippen LogP contribution in [-0.2, 0) is 0 Å². The summed E-state index contributed by atoms with van der Waals surface area (Å²) in [4.78, 5) is 0. The number of phenols is 1. The van der Waals surface area contributed by atoms with E-state index < -0.39 is 0 Å². The first-order valence-electron chi connectivity index (χ1n) is 5.32. The molecule has 5 heteroatoms. The van der Waals surface area contributed by atoms with Gasteiger partial charge >= 0.3 is 0 Å². The van der Waals surface area contributed by atoms with Gasteiger partial charge in [0.1, 0.15) is 5.75 Å². The van der Waals surface area contributed by atoms with Crippen LogP contribution in [0.3, 0.4) is 0 Å². The van der Waals surface area contributed by atoms with E-state index in [1.54, 1.807) is 16.8 Å². The Balaban J connectivity index is 2.45. The molecule has 1 N–H and O–H groups in total. The van der Waals surface area contributed by atoms with E-state index in [-0.39, 0.29) is 5.75 Å².